The van der Waals surface area contributed by atoms with E-state index >= 15 is 0 Å². The minimum absolute atomic E-state index is 0.162. The lowest BCUT2D eigenvalue weighted by Gasteiger charge is -2.13. The SMILES string of the molecule is CC(C)=CCN[C@@H](CCC(O)C#N)C(=O)O. The summed E-state index contributed by atoms with van der Waals surface area (Å²) in [6.07, 6.45) is 1.19. The second-order valence-corrected chi connectivity index (χ2v) is 3.80. The number of carbonyl (C=O) groups is 1. The highest BCUT2D eigenvalue weighted by Gasteiger charge is 2.17. The molecule has 1 unspecified atom stereocenters. The standard InChI is InChI=1S/C11H18N2O3/c1-8(2)5-6-13-10(11(15)16)4-3-9(14)7-12/h5,9-10,13-14H,3-4,6H2,1-2H3,(H,15,16)/t9?,10-/m0/s1. The molecule has 0 saturated carbocycles. The van der Waals surface area contributed by atoms with E-state index in [-0.39, 0.29) is 12.8 Å². The van der Waals surface area contributed by atoms with E-state index in [0.717, 1.165) is 5.57 Å². The summed E-state index contributed by atoms with van der Waals surface area (Å²) in [7, 11) is 0. The maximum atomic E-state index is 10.8. The van der Waals surface area contributed by atoms with Crippen LogP contribution in [0.4, 0.5) is 0 Å². The number of hydrogen-bond donors (Lipinski definition) is 3. The Balaban J connectivity index is 4.04. The van der Waals surface area contributed by atoms with E-state index in [9.17, 15) is 4.79 Å². The highest BCUT2D eigenvalue weighted by molar-refractivity contribution is 5.73. The average Bonchev–Trinajstić information content (AvgIpc) is 2.21. The predicted molar refractivity (Wildman–Crippen MR) is 59.7 cm³/mol. The third-order valence-electron chi connectivity index (χ3n) is 2.05. The van der Waals surface area contributed by atoms with Crippen LogP contribution in [0, 0.1) is 11.3 Å². The smallest absolute Gasteiger partial charge is 0.320 e. The molecule has 0 amide bonds. The molecule has 16 heavy (non-hydrogen) atoms. The van der Waals surface area contributed by atoms with Crippen molar-refractivity contribution in [3.63, 3.8) is 0 Å². The van der Waals surface area contributed by atoms with Gasteiger partial charge in [0, 0.05) is 6.54 Å². The van der Waals surface area contributed by atoms with Gasteiger partial charge in [0.15, 0.2) is 0 Å². The van der Waals surface area contributed by atoms with E-state index in [0.29, 0.717) is 6.54 Å². The molecule has 0 fully saturated rings. The lowest BCUT2D eigenvalue weighted by atomic mass is 10.1. The molecule has 90 valence electrons. The van der Waals surface area contributed by atoms with Crippen LogP contribution in [0.25, 0.3) is 0 Å². The predicted octanol–water partition coefficient (Wildman–Crippen LogP) is 0.660. The van der Waals surface area contributed by atoms with Crippen molar-refractivity contribution in [1.29, 1.82) is 5.26 Å². The van der Waals surface area contributed by atoms with Gasteiger partial charge in [0.25, 0.3) is 0 Å². The van der Waals surface area contributed by atoms with Crippen molar-refractivity contribution in [2.75, 3.05) is 6.54 Å². The third-order valence-corrected chi connectivity index (χ3v) is 2.05. The maximum absolute atomic E-state index is 10.8. The summed E-state index contributed by atoms with van der Waals surface area (Å²) >= 11 is 0. The Labute approximate surface area is 95.4 Å². The normalized spacial score (nSPS) is 13.6. The summed E-state index contributed by atoms with van der Waals surface area (Å²) in [4.78, 5) is 10.8. The van der Waals surface area contributed by atoms with E-state index in [1.54, 1.807) is 6.07 Å². The van der Waals surface area contributed by atoms with Gasteiger partial charge in [0.05, 0.1) is 6.07 Å². The quantitative estimate of drug-likeness (QED) is 0.438. The molecule has 0 aliphatic carbocycles. The number of nitrogens with zero attached hydrogens (tertiary/aromatic N) is 1. The molecule has 0 rings (SSSR count). The van der Waals surface area contributed by atoms with E-state index in [2.05, 4.69) is 5.32 Å². The largest absolute Gasteiger partial charge is 0.480 e. The number of aliphatic carboxylic acids is 1. The average molecular weight is 226 g/mol. The van der Waals surface area contributed by atoms with Gasteiger partial charge >= 0.3 is 5.97 Å². The number of hydrogen-bond acceptors (Lipinski definition) is 4. The monoisotopic (exact) mass is 226 g/mol. The number of carboxylic acid groups (broad SMARTS) is 1. The molecular formula is C11H18N2O3. The van der Waals surface area contributed by atoms with E-state index in [4.69, 9.17) is 15.5 Å². The Bertz CT molecular complexity index is 290. The van der Waals surface area contributed by atoms with Gasteiger partial charge < -0.3 is 15.5 Å². The summed E-state index contributed by atoms with van der Waals surface area (Å²) in [5.41, 5.74) is 1.11. The first-order valence-electron chi connectivity index (χ1n) is 5.14. The molecule has 0 spiro atoms. The lowest BCUT2D eigenvalue weighted by Crippen LogP contribution is -2.37. The van der Waals surface area contributed by atoms with Crippen molar-refractivity contribution in [2.24, 2.45) is 0 Å². The Morgan fingerprint density at radius 1 is 1.50 bits per heavy atom. The molecule has 0 saturated heterocycles. The van der Waals surface area contributed by atoms with Crippen molar-refractivity contribution >= 4 is 5.97 Å². The minimum atomic E-state index is -1.09. The fourth-order valence-electron chi connectivity index (χ4n) is 1.11. The number of aliphatic hydroxyl groups excluding tert-OH is 1. The van der Waals surface area contributed by atoms with Gasteiger partial charge in [-0.25, -0.2) is 0 Å². The molecule has 0 aromatic carbocycles. The molecule has 3 N–H and O–H groups in total. The van der Waals surface area contributed by atoms with Gasteiger partial charge in [-0.1, -0.05) is 11.6 Å². The van der Waals surface area contributed by atoms with Crippen LogP contribution in [0.1, 0.15) is 26.7 Å². The van der Waals surface area contributed by atoms with Gasteiger partial charge in [-0.05, 0) is 26.7 Å². The topological polar surface area (TPSA) is 93.4 Å². The Morgan fingerprint density at radius 2 is 2.12 bits per heavy atom. The summed E-state index contributed by atoms with van der Waals surface area (Å²) in [6, 6.07) is 0.933. The highest BCUT2D eigenvalue weighted by Crippen LogP contribution is 2.02. The van der Waals surface area contributed by atoms with Crippen molar-refractivity contribution < 1.29 is 15.0 Å². The summed E-state index contributed by atoms with van der Waals surface area (Å²) in [6.45, 7) is 4.33. The molecule has 0 heterocycles. The summed E-state index contributed by atoms with van der Waals surface area (Å²) in [5.74, 6) is -0.965. The molecule has 0 aromatic heterocycles. The molecular weight excluding hydrogens is 208 g/mol. The zero-order valence-electron chi connectivity index (χ0n) is 9.60. The van der Waals surface area contributed by atoms with Crippen molar-refractivity contribution in [2.45, 2.75) is 38.8 Å². The first kappa shape index (κ1) is 14.6. The zero-order chi connectivity index (χ0) is 12.6. The fourth-order valence-corrected chi connectivity index (χ4v) is 1.11. The van der Waals surface area contributed by atoms with Crippen molar-refractivity contribution in [3.05, 3.63) is 11.6 Å². The van der Waals surface area contributed by atoms with Crippen LogP contribution in [-0.4, -0.2) is 34.9 Å². The summed E-state index contributed by atoms with van der Waals surface area (Å²) in [5, 5.41) is 29.1. The van der Waals surface area contributed by atoms with Crippen LogP contribution in [0.3, 0.4) is 0 Å². The lowest BCUT2D eigenvalue weighted by molar-refractivity contribution is -0.139. The minimum Gasteiger partial charge on any atom is -0.480 e. The van der Waals surface area contributed by atoms with Crippen molar-refractivity contribution in [1.82, 2.24) is 5.32 Å². The van der Waals surface area contributed by atoms with Crippen LogP contribution >= 0.6 is 0 Å². The van der Waals surface area contributed by atoms with Gasteiger partial charge in [-0.15, -0.1) is 0 Å². The van der Waals surface area contributed by atoms with Crippen LogP contribution in [0.5, 0.6) is 0 Å². The molecule has 5 heteroatoms. The van der Waals surface area contributed by atoms with E-state index in [1.165, 1.54) is 0 Å². The molecule has 0 aromatic rings. The molecule has 2 atom stereocenters. The number of rotatable bonds is 7. The Hall–Kier alpha value is -1.38. The third kappa shape index (κ3) is 6.98. The second kappa shape index (κ2) is 7.85. The van der Waals surface area contributed by atoms with Crippen LogP contribution in [0.2, 0.25) is 0 Å². The van der Waals surface area contributed by atoms with E-state index < -0.39 is 18.1 Å². The zero-order valence-corrected chi connectivity index (χ0v) is 9.60. The number of carboxylic acids is 1. The molecule has 0 aliphatic heterocycles. The fraction of sp³-hybridized carbons (Fsp3) is 0.636. The van der Waals surface area contributed by atoms with Crippen molar-refractivity contribution in [3.8, 4) is 6.07 Å². The van der Waals surface area contributed by atoms with Gasteiger partial charge in [0.1, 0.15) is 12.1 Å². The van der Waals surface area contributed by atoms with E-state index in [1.807, 2.05) is 19.9 Å². The van der Waals surface area contributed by atoms with Gasteiger partial charge in [-0.3, -0.25) is 4.79 Å². The van der Waals surface area contributed by atoms with Crippen LogP contribution < -0.4 is 5.32 Å². The number of nitrogens with one attached hydrogen (secondary N) is 1. The maximum Gasteiger partial charge on any atom is 0.320 e. The number of nitriles is 1. The molecule has 0 aliphatic rings. The summed E-state index contributed by atoms with van der Waals surface area (Å²) < 4.78 is 0. The molecule has 5 nitrogen and oxygen atoms in total. The molecule has 0 radical (unpaired) electrons. The number of allylic oxidation sites excluding steroid dienone is 1. The molecule has 0 bridgehead atoms. The Morgan fingerprint density at radius 3 is 2.56 bits per heavy atom. The van der Waals surface area contributed by atoms with Crippen LogP contribution in [0.15, 0.2) is 11.6 Å². The number of aliphatic hydroxyl groups is 1. The highest BCUT2D eigenvalue weighted by atomic mass is 16.4. The first-order chi connectivity index (χ1) is 7.47. The Kier molecular flexibility index (Phi) is 7.18. The van der Waals surface area contributed by atoms with Gasteiger partial charge in [-0.2, -0.15) is 5.26 Å². The first-order valence-corrected chi connectivity index (χ1v) is 5.14. The van der Waals surface area contributed by atoms with Crippen LogP contribution in [-0.2, 0) is 4.79 Å². The van der Waals surface area contributed by atoms with Gasteiger partial charge in [0.2, 0.25) is 0 Å². The second-order valence-electron chi connectivity index (χ2n) is 3.80.